The first-order valence-electron chi connectivity index (χ1n) is 15.0. The lowest BCUT2D eigenvalue weighted by Crippen LogP contribution is -2.53. The SMILES string of the molecule is CCNC(=O)[C@@H](Cc1ccccc1)N(Cc1cccc(C)c1)C(=O)CN(c1ccccc1CC)S(=O)(=O)c1ccc(C)cc1. The number of nitrogens with zero attached hydrogens (tertiary/aromatic N) is 2. The maximum Gasteiger partial charge on any atom is 0.264 e. The molecule has 0 aliphatic carbocycles. The van der Waals surface area contributed by atoms with Crippen LogP contribution in [0.15, 0.2) is 108 Å². The number of hydrogen-bond donors (Lipinski definition) is 1. The highest BCUT2D eigenvalue weighted by Gasteiger charge is 2.35. The summed E-state index contributed by atoms with van der Waals surface area (Å²) in [6, 6.07) is 30.3. The van der Waals surface area contributed by atoms with E-state index in [0.717, 1.165) is 27.8 Å². The van der Waals surface area contributed by atoms with Crippen molar-refractivity contribution < 1.29 is 18.0 Å². The van der Waals surface area contributed by atoms with Gasteiger partial charge >= 0.3 is 0 Å². The standard InChI is InChI=1S/C36H41N3O4S/c1-5-31-17-10-11-18-33(31)39(44(42,43)32-21-19-27(3)20-22-32)26-35(40)38(25-30-16-12-13-28(4)23-30)34(36(41)37-6-2)24-29-14-8-7-9-15-29/h7-23,34H,5-6,24-26H2,1-4H3,(H,37,41)/t34-/m1/s1. The van der Waals surface area contributed by atoms with Crippen LogP contribution in [-0.4, -0.2) is 44.3 Å². The van der Waals surface area contributed by atoms with Gasteiger partial charge in [-0.3, -0.25) is 13.9 Å². The van der Waals surface area contributed by atoms with Gasteiger partial charge in [0.05, 0.1) is 10.6 Å². The van der Waals surface area contributed by atoms with Crippen LogP contribution in [0, 0.1) is 13.8 Å². The van der Waals surface area contributed by atoms with Crippen LogP contribution in [0.4, 0.5) is 5.69 Å². The van der Waals surface area contributed by atoms with E-state index in [-0.39, 0.29) is 23.8 Å². The maximum absolute atomic E-state index is 14.5. The van der Waals surface area contributed by atoms with Gasteiger partial charge in [0.15, 0.2) is 0 Å². The van der Waals surface area contributed by atoms with Crippen LogP contribution in [0.2, 0.25) is 0 Å². The van der Waals surface area contributed by atoms with Crippen molar-refractivity contribution in [1.29, 1.82) is 0 Å². The van der Waals surface area contributed by atoms with Gasteiger partial charge in [0.2, 0.25) is 11.8 Å². The molecule has 230 valence electrons. The zero-order chi connectivity index (χ0) is 31.7. The molecule has 8 heteroatoms. The molecule has 1 N–H and O–H groups in total. The lowest BCUT2D eigenvalue weighted by atomic mass is 10.0. The predicted octanol–water partition coefficient (Wildman–Crippen LogP) is 5.84. The topological polar surface area (TPSA) is 86.8 Å². The molecule has 44 heavy (non-hydrogen) atoms. The number of aryl methyl sites for hydroxylation is 3. The van der Waals surface area contributed by atoms with E-state index in [9.17, 15) is 18.0 Å². The van der Waals surface area contributed by atoms with Crippen LogP contribution >= 0.6 is 0 Å². The fourth-order valence-corrected chi connectivity index (χ4v) is 6.71. The number of benzene rings is 4. The van der Waals surface area contributed by atoms with E-state index in [4.69, 9.17) is 0 Å². The molecule has 0 saturated heterocycles. The smallest absolute Gasteiger partial charge is 0.264 e. The second-order valence-electron chi connectivity index (χ2n) is 10.9. The van der Waals surface area contributed by atoms with Crippen LogP contribution in [0.25, 0.3) is 0 Å². The average molecular weight is 612 g/mol. The summed E-state index contributed by atoms with van der Waals surface area (Å²) in [4.78, 5) is 29.8. The number of nitrogens with one attached hydrogen (secondary N) is 1. The Kier molecular flexibility index (Phi) is 11.0. The number of rotatable bonds is 13. The third kappa shape index (κ3) is 7.94. The molecule has 1 atom stereocenters. The minimum Gasteiger partial charge on any atom is -0.355 e. The van der Waals surface area contributed by atoms with E-state index < -0.39 is 28.5 Å². The van der Waals surface area contributed by atoms with Crippen molar-refractivity contribution in [3.05, 3.63) is 131 Å². The molecule has 7 nitrogen and oxygen atoms in total. The first kappa shape index (κ1) is 32.5. The highest BCUT2D eigenvalue weighted by Crippen LogP contribution is 2.28. The molecule has 0 radical (unpaired) electrons. The van der Waals surface area contributed by atoms with Crippen LogP contribution in [-0.2, 0) is 39.0 Å². The summed E-state index contributed by atoms with van der Waals surface area (Å²) < 4.78 is 29.7. The van der Waals surface area contributed by atoms with Crippen LogP contribution in [0.3, 0.4) is 0 Å². The molecule has 0 unspecified atom stereocenters. The van der Waals surface area contributed by atoms with Crippen LogP contribution in [0.1, 0.15) is 41.7 Å². The minimum absolute atomic E-state index is 0.0941. The van der Waals surface area contributed by atoms with E-state index in [1.165, 1.54) is 9.21 Å². The van der Waals surface area contributed by atoms with Crippen molar-refractivity contribution in [3.63, 3.8) is 0 Å². The second-order valence-corrected chi connectivity index (χ2v) is 12.8. The van der Waals surface area contributed by atoms with Crippen molar-refractivity contribution in [3.8, 4) is 0 Å². The van der Waals surface area contributed by atoms with Gasteiger partial charge in [-0.2, -0.15) is 0 Å². The van der Waals surface area contributed by atoms with Gasteiger partial charge in [0, 0.05) is 19.5 Å². The summed E-state index contributed by atoms with van der Waals surface area (Å²) in [5.41, 5.74) is 4.93. The highest BCUT2D eigenvalue weighted by atomic mass is 32.2. The van der Waals surface area contributed by atoms with Gasteiger partial charge in [-0.25, -0.2) is 8.42 Å². The van der Waals surface area contributed by atoms with E-state index >= 15 is 0 Å². The Morgan fingerprint density at radius 3 is 2.09 bits per heavy atom. The quantitative estimate of drug-likeness (QED) is 0.206. The molecular formula is C36H41N3O4S. The average Bonchev–Trinajstić information content (AvgIpc) is 3.02. The monoisotopic (exact) mass is 611 g/mol. The number of carbonyl (C=O) groups excluding carboxylic acids is 2. The number of sulfonamides is 1. The highest BCUT2D eigenvalue weighted by molar-refractivity contribution is 7.92. The van der Waals surface area contributed by atoms with E-state index in [2.05, 4.69) is 5.32 Å². The summed E-state index contributed by atoms with van der Waals surface area (Å²) in [6.07, 6.45) is 0.854. The Morgan fingerprint density at radius 1 is 0.773 bits per heavy atom. The number of para-hydroxylation sites is 1. The van der Waals surface area contributed by atoms with E-state index in [1.54, 1.807) is 36.4 Å². The van der Waals surface area contributed by atoms with Gasteiger partial charge in [0.25, 0.3) is 10.0 Å². The number of anilines is 1. The van der Waals surface area contributed by atoms with Gasteiger partial charge < -0.3 is 10.2 Å². The fraction of sp³-hybridized carbons (Fsp3) is 0.278. The Bertz CT molecular complexity index is 1670. The summed E-state index contributed by atoms with van der Waals surface area (Å²) in [6.45, 7) is 7.72. The Morgan fingerprint density at radius 2 is 1.43 bits per heavy atom. The molecule has 0 spiro atoms. The molecule has 0 aromatic heterocycles. The molecule has 0 aliphatic rings. The van der Waals surface area contributed by atoms with Crippen molar-refractivity contribution in [2.45, 2.75) is 58.0 Å². The van der Waals surface area contributed by atoms with E-state index in [0.29, 0.717) is 18.7 Å². The predicted molar refractivity (Wildman–Crippen MR) is 176 cm³/mol. The molecule has 2 amide bonds. The number of hydrogen-bond acceptors (Lipinski definition) is 4. The third-order valence-electron chi connectivity index (χ3n) is 7.59. The minimum atomic E-state index is -4.14. The zero-order valence-electron chi connectivity index (χ0n) is 25.9. The van der Waals surface area contributed by atoms with Crippen molar-refractivity contribution in [1.82, 2.24) is 10.2 Å². The maximum atomic E-state index is 14.5. The Balaban J connectivity index is 1.82. The van der Waals surface area contributed by atoms with Crippen molar-refractivity contribution in [2.24, 2.45) is 0 Å². The number of carbonyl (C=O) groups is 2. The summed E-state index contributed by atoms with van der Waals surface area (Å²) in [7, 11) is -4.14. The Hall–Kier alpha value is -4.43. The molecule has 0 aliphatic heterocycles. The summed E-state index contributed by atoms with van der Waals surface area (Å²) in [5, 5.41) is 2.90. The molecule has 4 aromatic rings. The number of likely N-dealkylation sites (N-methyl/N-ethyl adjacent to an activating group) is 1. The van der Waals surface area contributed by atoms with E-state index in [1.807, 2.05) is 94.4 Å². The van der Waals surface area contributed by atoms with Crippen molar-refractivity contribution in [2.75, 3.05) is 17.4 Å². The van der Waals surface area contributed by atoms with Gasteiger partial charge in [-0.05, 0) is 62.1 Å². The van der Waals surface area contributed by atoms with Crippen molar-refractivity contribution >= 4 is 27.5 Å². The van der Waals surface area contributed by atoms with Gasteiger partial charge in [0.1, 0.15) is 12.6 Å². The molecular weight excluding hydrogens is 570 g/mol. The van der Waals surface area contributed by atoms with Crippen LogP contribution < -0.4 is 9.62 Å². The summed E-state index contributed by atoms with van der Waals surface area (Å²) in [5.74, 6) is -0.764. The summed E-state index contributed by atoms with van der Waals surface area (Å²) >= 11 is 0. The lowest BCUT2D eigenvalue weighted by molar-refractivity contribution is -0.140. The largest absolute Gasteiger partial charge is 0.355 e. The lowest BCUT2D eigenvalue weighted by Gasteiger charge is -2.34. The first-order chi connectivity index (χ1) is 21.1. The molecule has 4 aromatic carbocycles. The molecule has 0 fully saturated rings. The zero-order valence-corrected chi connectivity index (χ0v) is 26.7. The fourth-order valence-electron chi connectivity index (χ4n) is 5.26. The van der Waals surface area contributed by atoms with Gasteiger partial charge in [-0.1, -0.05) is 103 Å². The Labute approximate surface area is 261 Å². The second kappa shape index (κ2) is 14.8. The first-order valence-corrected chi connectivity index (χ1v) is 16.4. The number of amides is 2. The molecule has 0 saturated carbocycles. The van der Waals surface area contributed by atoms with Crippen LogP contribution in [0.5, 0.6) is 0 Å². The normalized spacial score (nSPS) is 11.9. The third-order valence-corrected chi connectivity index (χ3v) is 9.36. The molecule has 4 rings (SSSR count). The molecule has 0 bridgehead atoms. The molecule has 0 heterocycles. The van der Waals surface area contributed by atoms with Gasteiger partial charge in [-0.15, -0.1) is 0 Å².